The third-order valence-corrected chi connectivity index (χ3v) is 8.33. The molecule has 0 aromatic carbocycles. The number of nitrogens with one attached hydrogen (secondary N) is 1. The molecule has 4 aromatic heterocycles. The monoisotopic (exact) mass is 526 g/mol. The van der Waals surface area contributed by atoms with Gasteiger partial charge in [-0.15, -0.1) is 0 Å². The second kappa shape index (κ2) is 10.00. The lowest BCUT2D eigenvalue weighted by Crippen LogP contribution is -2.50. The Morgan fingerprint density at radius 2 is 1.82 bits per heavy atom. The fourth-order valence-electron chi connectivity index (χ4n) is 5.96. The molecular weight excluding hydrogens is 492 g/mol. The number of rotatable bonds is 5. The number of morpholine rings is 1. The Balaban J connectivity index is 0.993. The molecule has 2 amide bonds. The predicted molar refractivity (Wildman–Crippen MR) is 149 cm³/mol. The van der Waals surface area contributed by atoms with E-state index in [1.807, 2.05) is 39.0 Å². The number of carbonyl (C=O) groups excluding carboxylic acids is 1. The van der Waals surface area contributed by atoms with Crippen LogP contribution < -0.4 is 5.32 Å². The summed E-state index contributed by atoms with van der Waals surface area (Å²) in [6.45, 7) is 8.39. The van der Waals surface area contributed by atoms with E-state index in [2.05, 4.69) is 51.4 Å². The Hall–Kier alpha value is -3.92. The molecule has 2 saturated heterocycles. The molecular formula is C29H34N8O2. The molecule has 4 aromatic rings. The van der Waals surface area contributed by atoms with E-state index in [1.165, 1.54) is 5.56 Å². The topological polar surface area (TPSA) is 93.3 Å². The highest BCUT2D eigenvalue weighted by Gasteiger charge is 2.27. The van der Waals surface area contributed by atoms with Gasteiger partial charge in [0.15, 0.2) is 0 Å². The molecule has 0 saturated carbocycles. The lowest BCUT2D eigenvalue weighted by atomic mass is 9.97. The van der Waals surface area contributed by atoms with Gasteiger partial charge in [-0.2, -0.15) is 5.10 Å². The Labute approximate surface area is 227 Å². The maximum atomic E-state index is 12.8. The van der Waals surface area contributed by atoms with Crippen LogP contribution in [0.1, 0.15) is 31.2 Å². The van der Waals surface area contributed by atoms with E-state index in [0.717, 1.165) is 72.8 Å². The van der Waals surface area contributed by atoms with E-state index in [0.29, 0.717) is 38.1 Å². The minimum Gasteiger partial charge on any atom is -0.378 e. The molecule has 2 fully saturated rings. The number of ether oxygens (including phenoxy) is 1. The molecule has 1 unspecified atom stereocenters. The highest BCUT2D eigenvalue weighted by Crippen LogP contribution is 2.33. The zero-order chi connectivity index (χ0) is 26.3. The zero-order valence-electron chi connectivity index (χ0n) is 22.3. The van der Waals surface area contributed by atoms with Gasteiger partial charge in [0.2, 0.25) is 0 Å². The van der Waals surface area contributed by atoms with Crippen molar-refractivity contribution in [3.05, 3.63) is 54.6 Å². The van der Waals surface area contributed by atoms with Crippen LogP contribution in [0, 0.1) is 5.92 Å². The fourth-order valence-corrected chi connectivity index (χ4v) is 5.96. The van der Waals surface area contributed by atoms with Gasteiger partial charge < -0.3 is 24.4 Å². The summed E-state index contributed by atoms with van der Waals surface area (Å²) in [4.78, 5) is 26.2. The third-order valence-electron chi connectivity index (χ3n) is 8.33. The van der Waals surface area contributed by atoms with Crippen LogP contribution in [0.25, 0.3) is 22.2 Å². The summed E-state index contributed by atoms with van der Waals surface area (Å²) in [5.41, 5.74) is 5.13. The second-order valence-electron chi connectivity index (χ2n) is 11.1. The van der Waals surface area contributed by atoms with Crippen LogP contribution in [-0.4, -0.2) is 79.5 Å². The summed E-state index contributed by atoms with van der Waals surface area (Å²) in [6.07, 6.45) is 10.1. The van der Waals surface area contributed by atoms with Crippen molar-refractivity contribution in [2.75, 3.05) is 44.7 Å². The summed E-state index contributed by atoms with van der Waals surface area (Å²) in [7, 11) is 0. The lowest BCUT2D eigenvalue weighted by Gasteiger charge is -2.37. The van der Waals surface area contributed by atoms with Crippen molar-refractivity contribution in [2.45, 2.75) is 38.8 Å². The maximum absolute atomic E-state index is 12.8. The SMILES string of the molecule is CC1Cn2cc1cc2Nc1ccc2ncc(-c3cnn(CC4CCN(C(=O)N5CCOCC5)CC4)c3)cc2n1. The van der Waals surface area contributed by atoms with Crippen LogP contribution in [0.4, 0.5) is 16.4 Å². The summed E-state index contributed by atoms with van der Waals surface area (Å²) in [5, 5.41) is 8.11. The van der Waals surface area contributed by atoms with Crippen molar-refractivity contribution < 1.29 is 9.53 Å². The number of hydrogen-bond donors (Lipinski definition) is 1. The molecule has 39 heavy (non-hydrogen) atoms. The van der Waals surface area contributed by atoms with Crippen LogP contribution in [0.2, 0.25) is 0 Å². The van der Waals surface area contributed by atoms with Crippen LogP contribution in [0.3, 0.4) is 0 Å². The van der Waals surface area contributed by atoms with E-state index in [4.69, 9.17) is 9.72 Å². The first-order chi connectivity index (χ1) is 19.1. The van der Waals surface area contributed by atoms with Gasteiger partial charge in [-0.25, -0.2) is 9.78 Å². The summed E-state index contributed by atoms with van der Waals surface area (Å²) in [5.74, 6) is 2.99. The van der Waals surface area contributed by atoms with Crippen molar-refractivity contribution in [1.82, 2.24) is 34.1 Å². The highest BCUT2D eigenvalue weighted by molar-refractivity contribution is 5.81. The number of amides is 2. The minimum absolute atomic E-state index is 0.158. The molecule has 0 radical (unpaired) electrons. The molecule has 0 aliphatic carbocycles. The first-order valence-corrected chi connectivity index (χ1v) is 14.0. The maximum Gasteiger partial charge on any atom is 0.320 e. The lowest BCUT2D eigenvalue weighted by molar-refractivity contribution is 0.0396. The quantitative estimate of drug-likeness (QED) is 0.416. The van der Waals surface area contributed by atoms with E-state index >= 15 is 0 Å². The molecule has 10 heteroatoms. The Bertz CT molecular complexity index is 1500. The number of aromatic nitrogens is 5. The first-order valence-electron chi connectivity index (χ1n) is 14.0. The standard InChI is InChI=1S/C29H34N8O2/c1-20-16-36-18-23(20)13-28(36)33-27-3-2-25-26(32-27)12-22(14-30-25)24-15-31-37(19-24)17-21-4-6-34(7-5-21)29(38)35-8-10-39-11-9-35/h2-3,12-15,18-21H,4-11,16-17H2,1H3,(H,32,33). The van der Waals surface area contributed by atoms with Crippen molar-refractivity contribution in [1.29, 1.82) is 0 Å². The number of fused-ring (bicyclic) bond motifs is 3. The van der Waals surface area contributed by atoms with Gasteiger partial charge in [-0.1, -0.05) is 6.92 Å². The molecule has 202 valence electrons. The van der Waals surface area contributed by atoms with Gasteiger partial charge in [0.25, 0.3) is 0 Å². The Morgan fingerprint density at radius 1 is 1.00 bits per heavy atom. The number of piperidine rings is 1. The van der Waals surface area contributed by atoms with Gasteiger partial charge in [0.1, 0.15) is 11.6 Å². The summed E-state index contributed by atoms with van der Waals surface area (Å²) >= 11 is 0. The third kappa shape index (κ3) is 4.85. The average Bonchev–Trinajstić information content (AvgIpc) is 3.69. The van der Waals surface area contributed by atoms with Gasteiger partial charge in [0.05, 0.1) is 30.4 Å². The molecule has 2 bridgehead atoms. The minimum atomic E-state index is 0.158. The molecule has 0 spiro atoms. The summed E-state index contributed by atoms with van der Waals surface area (Å²) < 4.78 is 9.66. The Kier molecular flexibility index (Phi) is 6.19. The van der Waals surface area contributed by atoms with Gasteiger partial charge in [0, 0.05) is 74.9 Å². The zero-order valence-corrected chi connectivity index (χ0v) is 22.3. The smallest absolute Gasteiger partial charge is 0.320 e. The van der Waals surface area contributed by atoms with E-state index < -0.39 is 0 Å². The van der Waals surface area contributed by atoms with E-state index in [1.54, 1.807) is 0 Å². The van der Waals surface area contributed by atoms with Crippen molar-refractivity contribution >= 4 is 28.7 Å². The highest BCUT2D eigenvalue weighted by atomic mass is 16.5. The van der Waals surface area contributed by atoms with E-state index in [9.17, 15) is 4.79 Å². The predicted octanol–water partition coefficient (Wildman–Crippen LogP) is 4.32. The molecule has 1 atom stereocenters. The number of urea groups is 1. The van der Waals surface area contributed by atoms with Crippen LogP contribution in [-0.2, 0) is 17.8 Å². The number of nitrogens with zero attached hydrogens (tertiary/aromatic N) is 7. The number of hydrogen-bond acceptors (Lipinski definition) is 6. The van der Waals surface area contributed by atoms with E-state index in [-0.39, 0.29) is 6.03 Å². The molecule has 7 heterocycles. The molecule has 3 aliphatic rings. The van der Waals surface area contributed by atoms with Gasteiger partial charge >= 0.3 is 6.03 Å². The van der Waals surface area contributed by atoms with Gasteiger partial charge in [-0.3, -0.25) is 9.67 Å². The van der Waals surface area contributed by atoms with Gasteiger partial charge in [-0.05, 0) is 48.6 Å². The molecule has 3 aliphatic heterocycles. The number of pyridine rings is 2. The normalized spacial score (nSPS) is 19.7. The number of carbonyl (C=O) groups is 1. The second-order valence-corrected chi connectivity index (χ2v) is 11.1. The fraction of sp³-hybridized carbons (Fsp3) is 0.448. The average molecular weight is 527 g/mol. The van der Waals surface area contributed by atoms with Crippen molar-refractivity contribution in [3.63, 3.8) is 0 Å². The number of anilines is 2. The molecule has 10 nitrogen and oxygen atoms in total. The van der Waals surface area contributed by atoms with Crippen LogP contribution in [0.5, 0.6) is 0 Å². The van der Waals surface area contributed by atoms with Crippen LogP contribution in [0.15, 0.2) is 49.1 Å². The van der Waals surface area contributed by atoms with Crippen molar-refractivity contribution in [2.24, 2.45) is 5.92 Å². The first kappa shape index (κ1) is 24.1. The summed E-state index contributed by atoms with van der Waals surface area (Å²) in [6, 6.07) is 8.44. The molecule has 1 N–H and O–H groups in total. The Morgan fingerprint density at radius 3 is 2.59 bits per heavy atom. The van der Waals surface area contributed by atoms with Crippen LogP contribution >= 0.6 is 0 Å². The molecule has 7 rings (SSSR count). The van der Waals surface area contributed by atoms with Crippen molar-refractivity contribution in [3.8, 4) is 11.1 Å². The largest absolute Gasteiger partial charge is 0.378 e. The number of likely N-dealkylation sites (tertiary alicyclic amines) is 1.